The third kappa shape index (κ3) is 5.05. The van der Waals surface area contributed by atoms with Crippen LogP contribution in [0.15, 0.2) is 41.5 Å². The molecule has 122 valence electrons. The molecule has 0 saturated carbocycles. The first-order valence-electron chi connectivity index (χ1n) is 7.08. The highest BCUT2D eigenvalue weighted by Gasteiger charge is 2.04. The van der Waals surface area contributed by atoms with Crippen molar-refractivity contribution in [1.29, 1.82) is 0 Å². The maximum atomic E-state index is 6.19. The van der Waals surface area contributed by atoms with E-state index < -0.39 is 0 Å². The number of ether oxygens (including phenoxy) is 2. The summed E-state index contributed by atoms with van der Waals surface area (Å²) >= 11 is 12.2. The Hall–Kier alpha value is -1.91. The fraction of sp³-hybridized carbons (Fsp3) is 0.235. The van der Waals surface area contributed by atoms with E-state index in [4.69, 9.17) is 32.7 Å². The zero-order valence-electron chi connectivity index (χ0n) is 13.1. The van der Waals surface area contributed by atoms with Gasteiger partial charge in [0.1, 0.15) is 11.5 Å². The molecule has 0 saturated heterocycles. The van der Waals surface area contributed by atoms with Crippen molar-refractivity contribution in [1.82, 2.24) is 0 Å². The van der Waals surface area contributed by atoms with E-state index >= 15 is 0 Å². The molecule has 0 bridgehead atoms. The van der Waals surface area contributed by atoms with Gasteiger partial charge in [-0.25, -0.2) is 0 Å². The van der Waals surface area contributed by atoms with Crippen LogP contribution >= 0.6 is 23.2 Å². The van der Waals surface area contributed by atoms with Crippen molar-refractivity contribution >= 4 is 35.1 Å². The number of hydrogen-bond acceptors (Lipinski definition) is 4. The molecule has 2 aromatic carbocycles. The van der Waals surface area contributed by atoms with Crippen LogP contribution in [0.3, 0.4) is 0 Å². The van der Waals surface area contributed by atoms with E-state index in [1.165, 1.54) is 0 Å². The van der Waals surface area contributed by atoms with Gasteiger partial charge in [-0.2, -0.15) is 5.10 Å². The quantitative estimate of drug-likeness (QED) is 0.571. The van der Waals surface area contributed by atoms with Crippen LogP contribution in [0.5, 0.6) is 11.5 Å². The molecular formula is C17H18Cl2N2O2. The second-order valence-corrected chi connectivity index (χ2v) is 5.89. The number of benzene rings is 2. The molecular weight excluding hydrogens is 335 g/mol. The zero-order chi connectivity index (χ0) is 16.8. The fourth-order valence-corrected chi connectivity index (χ4v) is 2.36. The summed E-state index contributed by atoms with van der Waals surface area (Å²) in [6.07, 6.45) is 1.75. The van der Waals surface area contributed by atoms with Gasteiger partial charge < -0.3 is 9.47 Å². The first kappa shape index (κ1) is 17.4. The Labute approximate surface area is 146 Å². The molecule has 0 aliphatic carbocycles. The lowest BCUT2D eigenvalue weighted by Gasteiger charge is -2.11. The minimum Gasteiger partial charge on any atom is -0.495 e. The Morgan fingerprint density at radius 1 is 1.04 bits per heavy atom. The van der Waals surface area contributed by atoms with Crippen molar-refractivity contribution in [2.24, 2.45) is 5.10 Å². The van der Waals surface area contributed by atoms with Crippen molar-refractivity contribution in [2.45, 2.75) is 20.0 Å². The molecule has 0 unspecified atom stereocenters. The molecule has 1 N–H and O–H groups in total. The first-order chi connectivity index (χ1) is 11.0. The van der Waals surface area contributed by atoms with Crippen molar-refractivity contribution in [2.75, 3.05) is 12.5 Å². The topological polar surface area (TPSA) is 42.8 Å². The molecule has 0 atom stereocenters. The number of nitrogens with zero attached hydrogens (tertiary/aromatic N) is 1. The molecule has 4 nitrogen and oxygen atoms in total. The van der Waals surface area contributed by atoms with Crippen molar-refractivity contribution in [3.8, 4) is 11.5 Å². The third-order valence-electron chi connectivity index (χ3n) is 2.88. The predicted molar refractivity (Wildman–Crippen MR) is 96.4 cm³/mol. The van der Waals surface area contributed by atoms with Gasteiger partial charge >= 0.3 is 0 Å². The van der Waals surface area contributed by atoms with E-state index in [0.29, 0.717) is 21.5 Å². The lowest BCUT2D eigenvalue weighted by atomic mass is 10.2. The first-order valence-corrected chi connectivity index (χ1v) is 7.84. The van der Waals surface area contributed by atoms with Crippen molar-refractivity contribution < 1.29 is 9.47 Å². The summed E-state index contributed by atoms with van der Waals surface area (Å²) in [6, 6.07) is 10.9. The molecule has 0 aliphatic heterocycles. The van der Waals surface area contributed by atoms with E-state index in [0.717, 1.165) is 11.3 Å². The van der Waals surface area contributed by atoms with Gasteiger partial charge in [0.15, 0.2) is 0 Å². The molecule has 0 spiro atoms. The highest BCUT2D eigenvalue weighted by Crippen LogP contribution is 2.27. The summed E-state index contributed by atoms with van der Waals surface area (Å²) in [5, 5.41) is 5.24. The van der Waals surface area contributed by atoms with Gasteiger partial charge in [0.05, 0.1) is 35.2 Å². The number of halogens is 2. The van der Waals surface area contributed by atoms with Crippen LogP contribution in [0.2, 0.25) is 10.0 Å². The SMILES string of the molecule is COc1ccc(N/N=C/c2ccc(OC(C)C)c(Cl)c2)cc1Cl. The number of hydrazone groups is 1. The summed E-state index contributed by atoms with van der Waals surface area (Å²) in [5.41, 5.74) is 4.53. The predicted octanol–water partition coefficient (Wildman–Crippen LogP) is 5.24. The van der Waals surface area contributed by atoms with E-state index in [1.54, 1.807) is 31.5 Å². The summed E-state index contributed by atoms with van der Waals surface area (Å²) in [4.78, 5) is 0. The maximum Gasteiger partial charge on any atom is 0.138 e. The summed E-state index contributed by atoms with van der Waals surface area (Å²) < 4.78 is 10.7. The van der Waals surface area contributed by atoms with Gasteiger partial charge in [-0.15, -0.1) is 0 Å². The standard InChI is InChI=1S/C17H18Cl2N2O2/c1-11(2)23-17-6-4-12(8-14(17)18)10-20-21-13-5-7-16(22-3)15(19)9-13/h4-11,21H,1-3H3/b20-10+. The zero-order valence-corrected chi connectivity index (χ0v) is 14.7. The Balaban J connectivity index is 2.03. The van der Waals surface area contributed by atoms with Crippen LogP contribution < -0.4 is 14.9 Å². The van der Waals surface area contributed by atoms with Gasteiger partial charge in [-0.3, -0.25) is 5.43 Å². The van der Waals surface area contributed by atoms with Crippen LogP contribution in [0, 0.1) is 0 Å². The third-order valence-corrected chi connectivity index (χ3v) is 3.47. The molecule has 0 aliphatic rings. The minimum absolute atomic E-state index is 0.0773. The van der Waals surface area contributed by atoms with Gasteiger partial charge in [0, 0.05) is 0 Å². The van der Waals surface area contributed by atoms with Gasteiger partial charge in [-0.1, -0.05) is 23.2 Å². The Morgan fingerprint density at radius 2 is 1.74 bits per heavy atom. The molecule has 2 aromatic rings. The molecule has 0 heterocycles. The molecule has 2 rings (SSSR count). The lowest BCUT2D eigenvalue weighted by Crippen LogP contribution is -2.05. The second kappa shape index (κ2) is 8.09. The number of hydrogen-bond donors (Lipinski definition) is 1. The number of rotatable bonds is 6. The van der Waals surface area contributed by atoms with E-state index in [2.05, 4.69) is 10.5 Å². The molecule has 0 radical (unpaired) electrons. The normalized spacial score (nSPS) is 11.0. The van der Waals surface area contributed by atoms with E-state index in [1.807, 2.05) is 32.0 Å². The van der Waals surface area contributed by atoms with Crippen molar-refractivity contribution in [3.05, 3.63) is 52.0 Å². The average Bonchev–Trinajstić information content (AvgIpc) is 2.50. The number of anilines is 1. The largest absolute Gasteiger partial charge is 0.495 e. The summed E-state index contributed by atoms with van der Waals surface area (Å²) in [6.45, 7) is 3.91. The highest BCUT2D eigenvalue weighted by atomic mass is 35.5. The Bertz CT molecular complexity index is 703. The average molecular weight is 353 g/mol. The lowest BCUT2D eigenvalue weighted by molar-refractivity contribution is 0.242. The smallest absolute Gasteiger partial charge is 0.138 e. The van der Waals surface area contributed by atoms with Crippen LogP contribution in [0.4, 0.5) is 5.69 Å². The molecule has 0 fully saturated rings. The van der Waals surface area contributed by atoms with Gasteiger partial charge in [-0.05, 0) is 55.8 Å². The molecule has 0 amide bonds. The van der Waals surface area contributed by atoms with Crippen LogP contribution in [-0.2, 0) is 0 Å². The van der Waals surface area contributed by atoms with Crippen molar-refractivity contribution in [3.63, 3.8) is 0 Å². The molecule has 23 heavy (non-hydrogen) atoms. The fourth-order valence-electron chi connectivity index (χ4n) is 1.86. The van der Waals surface area contributed by atoms with E-state index in [9.17, 15) is 0 Å². The summed E-state index contributed by atoms with van der Waals surface area (Å²) in [5.74, 6) is 1.28. The van der Waals surface area contributed by atoms with Gasteiger partial charge in [0.2, 0.25) is 0 Å². The number of methoxy groups -OCH3 is 1. The Kier molecular flexibility index (Phi) is 6.13. The van der Waals surface area contributed by atoms with Crippen LogP contribution in [0.25, 0.3) is 0 Å². The Morgan fingerprint density at radius 3 is 2.35 bits per heavy atom. The molecule has 6 heteroatoms. The second-order valence-electron chi connectivity index (χ2n) is 5.08. The maximum absolute atomic E-state index is 6.19. The minimum atomic E-state index is 0.0773. The van der Waals surface area contributed by atoms with Crippen LogP contribution in [0.1, 0.15) is 19.4 Å². The highest BCUT2D eigenvalue weighted by molar-refractivity contribution is 6.32. The van der Waals surface area contributed by atoms with E-state index in [-0.39, 0.29) is 6.10 Å². The summed E-state index contributed by atoms with van der Waals surface area (Å²) in [7, 11) is 1.57. The number of nitrogens with one attached hydrogen (secondary N) is 1. The van der Waals surface area contributed by atoms with Gasteiger partial charge in [0.25, 0.3) is 0 Å². The van der Waals surface area contributed by atoms with Crippen LogP contribution in [-0.4, -0.2) is 19.4 Å². The monoisotopic (exact) mass is 352 g/mol. The molecule has 0 aromatic heterocycles.